The van der Waals surface area contributed by atoms with Gasteiger partial charge in [-0.2, -0.15) is 0 Å². The first-order valence-corrected chi connectivity index (χ1v) is 17.2. The van der Waals surface area contributed by atoms with E-state index in [9.17, 15) is 9.59 Å². The van der Waals surface area contributed by atoms with E-state index in [1.807, 2.05) is 72.8 Å². The Kier molecular flexibility index (Phi) is 8.20. The highest BCUT2D eigenvalue weighted by atomic mass is 16.7. The Bertz CT molecular complexity index is 1690. The molecular formula is C38H46BN3O5. The highest BCUT2D eigenvalue weighted by Gasteiger charge is 2.68. The molecule has 1 unspecified atom stereocenters. The number of fused-ring (bicyclic) bond motifs is 1. The van der Waals surface area contributed by atoms with Gasteiger partial charge in [-0.05, 0) is 71.8 Å². The second-order valence-corrected chi connectivity index (χ2v) is 15.3. The largest absolute Gasteiger partial charge is 0.481 e. The lowest BCUT2D eigenvalue weighted by molar-refractivity contribution is -0.199. The fourth-order valence-electron chi connectivity index (χ4n) is 8.68. The van der Waals surface area contributed by atoms with E-state index in [-0.39, 0.29) is 47.8 Å². The lowest BCUT2D eigenvalue weighted by Crippen LogP contribution is -2.65. The van der Waals surface area contributed by atoms with E-state index in [1.54, 1.807) is 0 Å². The van der Waals surface area contributed by atoms with Gasteiger partial charge in [-0.25, -0.2) is 0 Å². The number of amides is 2. The molecule has 9 heteroatoms. The predicted octanol–water partition coefficient (Wildman–Crippen LogP) is 6.13. The van der Waals surface area contributed by atoms with Crippen molar-refractivity contribution in [2.45, 2.75) is 90.0 Å². The van der Waals surface area contributed by atoms with Gasteiger partial charge in [0.1, 0.15) is 0 Å². The average molecular weight is 636 g/mol. The van der Waals surface area contributed by atoms with Crippen molar-refractivity contribution in [3.05, 3.63) is 83.9 Å². The molecule has 47 heavy (non-hydrogen) atoms. The van der Waals surface area contributed by atoms with Gasteiger partial charge in [-0.15, -0.1) is 0 Å². The molecule has 246 valence electrons. The Morgan fingerprint density at radius 1 is 0.979 bits per heavy atom. The van der Waals surface area contributed by atoms with Gasteiger partial charge in [0.2, 0.25) is 5.60 Å². The summed E-state index contributed by atoms with van der Waals surface area (Å²) in [4.78, 5) is 33.8. The maximum Gasteiger partial charge on any atom is 0.481 e. The van der Waals surface area contributed by atoms with E-state index in [1.165, 1.54) is 6.42 Å². The molecule has 4 fully saturated rings. The molecule has 3 aromatic rings. The van der Waals surface area contributed by atoms with Crippen molar-refractivity contribution in [2.75, 3.05) is 6.54 Å². The standard InChI is InChI=1S/C38H46BN3O5/c1-24(2)18-33(39-45-32-20-27-19-31(36(27,3)4)37(32,5)46-39)41-35(44)38(21-25-12-7-6-8-13-25)22-28(42-47-38)23-40-34(43)30-17-11-15-26-14-9-10-16-29(26)30/h6-17,24,27,31-33H,18-23H2,1-5H3,(H,40,43)(H,41,44)/t27-,31-,32+,33-,37-,38?/m0/s1. The lowest BCUT2D eigenvalue weighted by Gasteiger charge is -2.64. The number of carbonyl (C=O) groups is 2. The minimum absolute atomic E-state index is 0.0251. The van der Waals surface area contributed by atoms with Crippen LogP contribution in [-0.4, -0.2) is 54.4 Å². The first-order valence-electron chi connectivity index (χ1n) is 17.2. The second kappa shape index (κ2) is 12.1. The van der Waals surface area contributed by atoms with Crippen LogP contribution in [0.25, 0.3) is 10.8 Å². The summed E-state index contributed by atoms with van der Waals surface area (Å²) >= 11 is 0. The Morgan fingerprint density at radius 2 is 1.72 bits per heavy atom. The van der Waals surface area contributed by atoms with Gasteiger partial charge in [-0.1, -0.05) is 99.6 Å². The minimum Gasteiger partial charge on any atom is -0.404 e. The van der Waals surface area contributed by atoms with Crippen LogP contribution in [0.3, 0.4) is 0 Å². The molecule has 2 heterocycles. The van der Waals surface area contributed by atoms with Crippen LogP contribution in [0.15, 0.2) is 78.0 Å². The predicted molar refractivity (Wildman–Crippen MR) is 184 cm³/mol. The molecule has 2 N–H and O–H groups in total. The summed E-state index contributed by atoms with van der Waals surface area (Å²) < 4.78 is 13.5. The number of nitrogens with zero attached hydrogens (tertiary/aromatic N) is 1. The van der Waals surface area contributed by atoms with Crippen LogP contribution in [0.2, 0.25) is 0 Å². The number of hydrogen-bond donors (Lipinski definition) is 2. The fraction of sp³-hybridized carbons (Fsp3) is 0.500. The molecular weight excluding hydrogens is 589 g/mol. The summed E-state index contributed by atoms with van der Waals surface area (Å²) in [6.07, 6.45) is 3.47. The van der Waals surface area contributed by atoms with Gasteiger partial charge < -0.3 is 24.8 Å². The van der Waals surface area contributed by atoms with Crippen molar-refractivity contribution in [2.24, 2.45) is 28.3 Å². The fourth-order valence-corrected chi connectivity index (χ4v) is 8.68. The number of benzene rings is 3. The third-order valence-corrected chi connectivity index (χ3v) is 11.4. The maximum atomic E-state index is 14.4. The van der Waals surface area contributed by atoms with Gasteiger partial charge in [0.15, 0.2) is 0 Å². The van der Waals surface area contributed by atoms with Crippen molar-refractivity contribution >= 4 is 35.4 Å². The summed E-state index contributed by atoms with van der Waals surface area (Å²) in [5.74, 6) is 0.585. The second-order valence-electron chi connectivity index (χ2n) is 15.3. The SMILES string of the molecule is CC(C)C[C@H](NC(=O)C1(Cc2ccccc2)CC(CNC(=O)c2cccc3ccccc23)=NO1)B1O[C@@H]2C[C@@H]3C[C@@H](C3(C)C)[C@]2(C)O1. The molecule has 0 aromatic heterocycles. The molecule has 8 nitrogen and oxygen atoms in total. The molecule has 0 radical (unpaired) electrons. The highest BCUT2D eigenvalue weighted by Crippen LogP contribution is 2.65. The number of nitrogens with one attached hydrogen (secondary N) is 2. The Hall–Kier alpha value is -3.69. The maximum absolute atomic E-state index is 14.4. The van der Waals surface area contributed by atoms with Crippen LogP contribution in [-0.2, 0) is 25.4 Å². The van der Waals surface area contributed by atoms with Crippen molar-refractivity contribution in [3.63, 3.8) is 0 Å². The molecule has 2 aliphatic heterocycles. The van der Waals surface area contributed by atoms with Crippen molar-refractivity contribution in [1.29, 1.82) is 0 Å². The molecule has 5 aliphatic rings. The van der Waals surface area contributed by atoms with Crippen LogP contribution in [0, 0.1) is 23.2 Å². The summed E-state index contributed by atoms with van der Waals surface area (Å²) in [7, 11) is -0.540. The number of hydrogen-bond acceptors (Lipinski definition) is 6. The van der Waals surface area contributed by atoms with Crippen LogP contribution in [0.1, 0.15) is 76.2 Å². The number of oxime groups is 1. The zero-order valence-corrected chi connectivity index (χ0v) is 28.1. The highest BCUT2D eigenvalue weighted by molar-refractivity contribution is 6.48. The molecule has 6 atom stereocenters. The average Bonchev–Trinajstić information content (AvgIpc) is 3.64. The summed E-state index contributed by atoms with van der Waals surface area (Å²) in [5.41, 5.74) is 0.766. The van der Waals surface area contributed by atoms with Crippen LogP contribution in [0.5, 0.6) is 0 Å². The van der Waals surface area contributed by atoms with Gasteiger partial charge >= 0.3 is 7.12 Å². The molecule has 2 bridgehead atoms. The van der Waals surface area contributed by atoms with E-state index < -0.39 is 12.7 Å². The lowest BCUT2D eigenvalue weighted by atomic mass is 9.43. The zero-order valence-electron chi connectivity index (χ0n) is 28.1. The van der Waals surface area contributed by atoms with Crippen LogP contribution >= 0.6 is 0 Å². The van der Waals surface area contributed by atoms with E-state index >= 15 is 0 Å². The summed E-state index contributed by atoms with van der Waals surface area (Å²) in [6.45, 7) is 11.4. The topological polar surface area (TPSA) is 98.3 Å². The van der Waals surface area contributed by atoms with Gasteiger partial charge in [0, 0.05) is 18.4 Å². The molecule has 2 amide bonds. The molecule has 3 aliphatic carbocycles. The smallest absolute Gasteiger partial charge is 0.404 e. The monoisotopic (exact) mass is 635 g/mol. The van der Waals surface area contributed by atoms with Crippen LogP contribution < -0.4 is 10.6 Å². The zero-order chi connectivity index (χ0) is 33.0. The molecule has 1 saturated heterocycles. The molecule has 3 saturated carbocycles. The van der Waals surface area contributed by atoms with Gasteiger partial charge in [0.25, 0.3) is 11.8 Å². The van der Waals surface area contributed by atoms with E-state index in [0.717, 1.165) is 22.8 Å². The summed E-state index contributed by atoms with van der Waals surface area (Å²) in [6, 6.07) is 23.4. The van der Waals surface area contributed by atoms with Crippen LogP contribution in [0.4, 0.5) is 0 Å². The first kappa shape index (κ1) is 31.9. The molecule has 3 aromatic carbocycles. The molecule has 0 spiro atoms. The Balaban J connectivity index is 1.08. The number of rotatable bonds is 10. The molecule has 8 rings (SSSR count). The van der Waals surface area contributed by atoms with Gasteiger partial charge in [-0.3, -0.25) is 9.59 Å². The van der Waals surface area contributed by atoms with E-state index in [4.69, 9.17) is 14.1 Å². The van der Waals surface area contributed by atoms with Gasteiger partial charge in [0.05, 0.1) is 29.9 Å². The minimum atomic E-state index is -1.27. The third kappa shape index (κ3) is 5.76. The van der Waals surface area contributed by atoms with Crippen molar-refractivity contribution in [3.8, 4) is 0 Å². The summed E-state index contributed by atoms with van der Waals surface area (Å²) in [5, 5.41) is 12.6. The third-order valence-electron chi connectivity index (χ3n) is 11.4. The Labute approximate surface area is 278 Å². The Morgan fingerprint density at radius 3 is 2.49 bits per heavy atom. The quantitative estimate of drug-likeness (QED) is 0.262. The van der Waals surface area contributed by atoms with E-state index in [0.29, 0.717) is 41.9 Å². The normalized spacial score (nSPS) is 29.4. The number of carbonyl (C=O) groups excluding carboxylic acids is 2. The first-order chi connectivity index (χ1) is 22.5. The van der Waals surface area contributed by atoms with E-state index in [2.05, 4.69) is 50.4 Å². The van der Waals surface area contributed by atoms with Crippen molar-refractivity contribution in [1.82, 2.24) is 10.6 Å². The van der Waals surface area contributed by atoms with Crippen molar-refractivity contribution < 1.29 is 23.7 Å².